The molecule has 0 amide bonds. The fraction of sp³-hybridized carbons (Fsp3) is 0.357. The fourth-order valence-corrected chi connectivity index (χ4v) is 2.22. The highest BCUT2D eigenvalue weighted by atomic mass is 19.1. The molecule has 1 N–H and O–H groups in total. The highest BCUT2D eigenvalue weighted by Gasteiger charge is 2.10. The highest BCUT2D eigenvalue weighted by Crippen LogP contribution is 2.21. The lowest BCUT2D eigenvalue weighted by molar-refractivity contribution is 0.602. The number of hydrogen-bond acceptors (Lipinski definition) is 2. The third-order valence-electron chi connectivity index (χ3n) is 3.18. The zero-order valence-corrected chi connectivity index (χ0v) is 10.7. The van der Waals surface area contributed by atoms with Gasteiger partial charge in [0.05, 0.1) is 5.52 Å². The summed E-state index contributed by atoms with van der Waals surface area (Å²) >= 11 is 0. The van der Waals surface area contributed by atoms with Crippen molar-refractivity contribution >= 4 is 10.9 Å². The predicted octanol–water partition coefficient (Wildman–Crippen LogP) is 1.83. The van der Waals surface area contributed by atoms with Gasteiger partial charge in [-0.1, -0.05) is 0 Å². The Hall–Kier alpha value is -1.68. The largest absolute Gasteiger partial charge is 0.320 e. The molecule has 0 aliphatic carbocycles. The van der Waals surface area contributed by atoms with Gasteiger partial charge in [0.2, 0.25) is 0 Å². The van der Waals surface area contributed by atoms with Gasteiger partial charge in [-0.25, -0.2) is 4.39 Å². The standard InChI is InChI=1S/C14H17FN2O/c1-16-9-3-4-11-12(15)7-5-10-6-8-13(18)17(2)14(10)11/h5-8,16H,3-4,9H2,1-2H3. The number of rotatable bonds is 4. The van der Waals surface area contributed by atoms with E-state index in [1.54, 1.807) is 19.2 Å². The van der Waals surface area contributed by atoms with E-state index in [1.807, 2.05) is 7.05 Å². The molecule has 3 nitrogen and oxygen atoms in total. The second kappa shape index (κ2) is 5.31. The van der Waals surface area contributed by atoms with Gasteiger partial charge in [-0.3, -0.25) is 4.79 Å². The van der Waals surface area contributed by atoms with Crippen LogP contribution >= 0.6 is 0 Å². The van der Waals surface area contributed by atoms with Crippen LogP contribution in [0.4, 0.5) is 4.39 Å². The number of benzene rings is 1. The van der Waals surface area contributed by atoms with Gasteiger partial charge in [0.25, 0.3) is 5.56 Å². The Labute approximate surface area is 105 Å². The minimum absolute atomic E-state index is 0.108. The van der Waals surface area contributed by atoms with E-state index in [4.69, 9.17) is 0 Å². The normalized spacial score (nSPS) is 11.1. The number of aromatic nitrogens is 1. The van der Waals surface area contributed by atoms with E-state index in [9.17, 15) is 9.18 Å². The van der Waals surface area contributed by atoms with Gasteiger partial charge in [0, 0.05) is 18.7 Å². The zero-order chi connectivity index (χ0) is 13.1. The van der Waals surface area contributed by atoms with Crippen molar-refractivity contribution < 1.29 is 4.39 Å². The SMILES string of the molecule is CNCCCc1c(F)ccc2ccc(=O)n(C)c12. The van der Waals surface area contributed by atoms with Gasteiger partial charge in [0.15, 0.2) is 0 Å². The Morgan fingerprint density at radius 2 is 2.00 bits per heavy atom. The lowest BCUT2D eigenvalue weighted by Crippen LogP contribution is -2.17. The summed E-state index contributed by atoms with van der Waals surface area (Å²) in [6, 6.07) is 6.45. The second-order valence-electron chi connectivity index (χ2n) is 4.40. The van der Waals surface area contributed by atoms with E-state index in [-0.39, 0.29) is 11.4 Å². The molecule has 4 heteroatoms. The van der Waals surface area contributed by atoms with E-state index in [0.717, 1.165) is 18.4 Å². The van der Waals surface area contributed by atoms with Crippen LogP contribution in [0.25, 0.3) is 10.9 Å². The van der Waals surface area contributed by atoms with Gasteiger partial charge in [-0.2, -0.15) is 0 Å². The molecule has 1 heterocycles. The Bertz CT molecular complexity index is 619. The van der Waals surface area contributed by atoms with Crippen LogP contribution in [0.15, 0.2) is 29.1 Å². The number of nitrogens with zero attached hydrogens (tertiary/aromatic N) is 1. The van der Waals surface area contributed by atoms with Crippen molar-refractivity contribution in [1.82, 2.24) is 9.88 Å². The molecule has 18 heavy (non-hydrogen) atoms. The summed E-state index contributed by atoms with van der Waals surface area (Å²) in [6.45, 7) is 0.830. The Kier molecular flexibility index (Phi) is 3.77. The maximum absolute atomic E-state index is 13.9. The number of pyridine rings is 1. The number of aryl methyl sites for hydroxylation is 2. The molecule has 1 aromatic heterocycles. The van der Waals surface area contributed by atoms with Crippen LogP contribution in [0.5, 0.6) is 0 Å². The van der Waals surface area contributed by atoms with Gasteiger partial charge >= 0.3 is 0 Å². The first-order valence-electron chi connectivity index (χ1n) is 6.07. The summed E-state index contributed by atoms with van der Waals surface area (Å²) in [7, 11) is 3.56. The summed E-state index contributed by atoms with van der Waals surface area (Å²) in [6.07, 6.45) is 1.47. The van der Waals surface area contributed by atoms with Crippen molar-refractivity contribution in [3.63, 3.8) is 0 Å². The first-order valence-corrected chi connectivity index (χ1v) is 6.07. The van der Waals surface area contributed by atoms with Gasteiger partial charge < -0.3 is 9.88 Å². The lowest BCUT2D eigenvalue weighted by Gasteiger charge is -2.11. The van der Waals surface area contributed by atoms with E-state index >= 15 is 0 Å². The summed E-state index contributed by atoms with van der Waals surface area (Å²) in [4.78, 5) is 11.7. The summed E-state index contributed by atoms with van der Waals surface area (Å²) < 4.78 is 15.4. The van der Waals surface area contributed by atoms with Crippen LogP contribution in [-0.4, -0.2) is 18.2 Å². The first kappa shape index (κ1) is 12.8. The van der Waals surface area contributed by atoms with Crippen LogP contribution in [-0.2, 0) is 13.5 Å². The number of hydrogen-bond donors (Lipinski definition) is 1. The zero-order valence-electron chi connectivity index (χ0n) is 10.7. The van der Waals surface area contributed by atoms with Crippen molar-refractivity contribution in [1.29, 1.82) is 0 Å². The maximum Gasteiger partial charge on any atom is 0.250 e. The third kappa shape index (κ3) is 2.29. The van der Waals surface area contributed by atoms with E-state index in [1.165, 1.54) is 16.7 Å². The van der Waals surface area contributed by atoms with Crippen LogP contribution in [0.1, 0.15) is 12.0 Å². The summed E-state index contributed by atoms with van der Waals surface area (Å²) in [5.41, 5.74) is 1.23. The van der Waals surface area contributed by atoms with Crippen molar-refractivity contribution in [2.75, 3.05) is 13.6 Å². The molecular formula is C14H17FN2O. The van der Waals surface area contributed by atoms with Crippen LogP contribution in [0.3, 0.4) is 0 Å². The summed E-state index contributed by atoms with van der Waals surface area (Å²) in [5.74, 6) is -0.236. The number of fused-ring (bicyclic) bond motifs is 1. The van der Waals surface area contributed by atoms with Gasteiger partial charge in [0.1, 0.15) is 5.82 Å². The topological polar surface area (TPSA) is 34.0 Å². The molecule has 0 unspecified atom stereocenters. The molecule has 1 aromatic carbocycles. The minimum atomic E-state index is -0.236. The molecule has 0 spiro atoms. The maximum atomic E-state index is 13.9. The molecule has 0 bridgehead atoms. The van der Waals surface area contributed by atoms with E-state index in [2.05, 4.69) is 5.32 Å². The van der Waals surface area contributed by atoms with Gasteiger partial charge in [-0.15, -0.1) is 0 Å². The average molecular weight is 248 g/mol. The van der Waals surface area contributed by atoms with Gasteiger partial charge in [-0.05, 0) is 50.0 Å². The van der Waals surface area contributed by atoms with Crippen LogP contribution in [0.2, 0.25) is 0 Å². The number of halogens is 1. The van der Waals surface area contributed by atoms with Crippen LogP contribution in [0, 0.1) is 5.82 Å². The molecule has 0 atom stereocenters. The molecule has 0 fully saturated rings. The fourth-order valence-electron chi connectivity index (χ4n) is 2.22. The molecule has 0 aliphatic rings. The first-order chi connectivity index (χ1) is 8.65. The molecule has 2 rings (SSSR count). The molecule has 2 aromatic rings. The smallest absolute Gasteiger partial charge is 0.250 e. The lowest BCUT2D eigenvalue weighted by atomic mass is 10.0. The molecule has 0 saturated heterocycles. The van der Waals surface area contributed by atoms with Crippen LogP contribution < -0.4 is 10.9 Å². The Morgan fingerprint density at radius 3 is 2.72 bits per heavy atom. The van der Waals surface area contributed by atoms with E-state index in [0.29, 0.717) is 17.5 Å². The molecule has 0 aliphatic heterocycles. The Morgan fingerprint density at radius 1 is 1.28 bits per heavy atom. The molecule has 0 radical (unpaired) electrons. The summed E-state index contributed by atoms with van der Waals surface area (Å²) in [5, 5.41) is 3.94. The van der Waals surface area contributed by atoms with Crippen molar-refractivity contribution in [2.45, 2.75) is 12.8 Å². The molecule has 96 valence electrons. The van der Waals surface area contributed by atoms with E-state index < -0.39 is 0 Å². The van der Waals surface area contributed by atoms with Crippen molar-refractivity contribution in [2.24, 2.45) is 7.05 Å². The minimum Gasteiger partial charge on any atom is -0.320 e. The average Bonchev–Trinajstić information content (AvgIpc) is 2.36. The predicted molar refractivity (Wildman–Crippen MR) is 71.4 cm³/mol. The molecule has 0 saturated carbocycles. The Balaban J connectivity index is 2.58. The molecular weight excluding hydrogens is 231 g/mol. The van der Waals surface area contributed by atoms with Crippen molar-refractivity contribution in [3.05, 3.63) is 46.0 Å². The monoisotopic (exact) mass is 248 g/mol. The van der Waals surface area contributed by atoms with Crippen molar-refractivity contribution in [3.8, 4) is 0 Å². The number of nitrogens with one attached hydrogen (secondary N) is 1. The third-order valence-corrected chi connectivity index (χ3v) is 3.18. The highest BCUT2D eigenvalue weighted by molar-refractivity contribution is 5.82. The second-order valence-corrected chi connectivity index (χ2v) is 4.40. The quantitative estimate of drug-likeness (QED) is 0.838.